The van der Waals surface area contributed by atoms with Crippen molar-refractivity contribution in [1.29, 1.82) is 0 Å². The van der Waals surface area contributed by atoms with Crippen molar-refractivity contribution < 1.29 is 14.3 Å². The molecule has 2 amide bonds. The van der Waals surface area contributed by atoms with Crippen LogP contribution in [0.4, 0.5) is 0 Å². The number of amides is 2. The van der Waals surface area contributed by atoms with Gasteiger partial charge in [-0.1, -0.05) is 35.3 Å². The number of hydrogen-bond donors (Lipinski definition) is 2. The van der Waals surface area contributed by atoms with Crippen LogP contribution in [-0.4, -0.2) is 24.6 Å². The van der Waals surface area contributed by atoms with Gasteiger partial charge < -0.3 is 10.1 Å². The third kappa shape index (κ3) is 6.06. The molecule has 136 valence electrons. The molecule has 0 unspecified atom stereocenters. The lowest BCUT2D eigenvalue weighted by molar-refractivity contribution is -0.139. The van der Waals surface area contributed by atoms with E-state index in [1.54, 1.807) is 37.3 Å². The minimum Gasteiger partial charge on any atom is -0.488 e. The molecule has 0 aliphatic carbocycles. The predicted octanol–water partition coefficient (Wildman–Crippen LogP) is 3.16. The van der Waals surface area contributed by atoms with Crippen LogP contribution in [0.5, 0.6) is 5.75 Å². The van der Waals surface area contributed by atoms with Gasteiger partial charge in [0.05, 0.1) is 6.21 Å². The molecule has 0 heterocycles. The zero-order chi connectivity index (χ0) is 18.9. The molecule has 0 bridgehead atoms. The van der Waals surface area contributed by atoms with Gasteiger partial charge in [0.1, 0.15) is 12.4 Å². The number of rotatable bonds is 6. The van der Waals surface area contributed by atoms with Crippen LogP contribution in [0.25, 0.3) is 0 Å². The molecule has 0 fully saturated rings. The normalized spacial score (nSPS) is 10.6. The summed E-state index contributed by atoms with van der Waals surface area (Å²) in [5.41, 5.74) is 3.60. The third-order valence-electron chi connectivity index (χ3n) is 3.17. The van der Waals surface area contributed by atoms with Crippen molar-refractivity contribution in [2.24, 2.45) is 5.10 Å². The van der Waals surface area contributed by atoms with Gasteiger partial charge in [-0.2, -0.15) is 5.10 Å². The van der Waals surface area contributed by atoms with Gasteiger partial charge in [0.25, 0.3) is 0 Å². The highest BCUT2D eigenvalue weighted by Crippen LogP contribution is 2.23. The first-order chi connectivity index (χ1) is 12.5. The molecular weight excluding hydrogens is 377 g/mol. The molecule has 0 aliphatic rings. The van der Waals surface area contributed by atoms with E-state index >= 15 is 0 Å². The van der Waals surface area contributed by atoms with Crippen LogP contribution in [0.3, 0.4) is 0 Å². The van der Waals surface area contributed by atoms with Crippen molar-refractivity contribution in [1.82, 2.24) is 10.7 Å². The van der Waals surface area contributed by atoms with E-state index in [1.807, 2.05) is 12.1 Å². The highest BCUT2D eigenvalue weighted by Gasteiger charge is 2.10. The molecule has 6 nitrogen and oxygen atoms in total. The first-order valence-corrected chi connectivity index (χ1v) is 8.53. The molecule has 2 aromatic carbocycles. The molecule has 2 rings (SSSR count). The summed E-state index contributed by atoms with van der Waals surface area (Å²) >= 11 is 12.0. The first-order valence-electron chi connectivity index (χ1n) is 7.77. The van der Waals surface area contributed by atoms with Gasteiger partial charge >= 0.3 is 11.8 Å². The second-order valence-corrected chi connectivity index (χ2v) is 6.03. The molecule has 0 radical (unpaired) electrons. The van der Waals surface area contributed by atoms with E-state index in [4.69, 9.17) is 27.9 Å². The Morgan fingerprint density at radius 2 is 1.88 bits per heavy atom. The van der Waals surface area contributed by atoms with Crippen molar-refractivity contribution >= 4 is 41.2 Å². The summed E-state index contributed by atoms with van der Waals surface area (Å²) in [4.78, 5) is 22.9. The number of carbonyl (C=O) groups is 2. The smallest absolute Gasteiger partial charge is 0.329 e. The third-order valence-corrected chi connectivity index (χ3v) is 3.64. The number of ether oxygens (including phenoxy) is 1. The van der Waals surface area contributed by atoms with Crippen molar-refractivity contribution in [3.05, 3.63) is 63.6 Å². The molecule has 0 aromatic heterocycles. The highest BCUT2D eigenvalue weighted by molar-refractivity contribution is 6.35. The lowest BCUT2D eigenvalue weighted by Gasteiger charge is -2.10. The summed E-state index contributed by atoms with van der Waals surface area (Å²) in [6, 6.07) is 12.3. The number of benzene rings is 2. The number of hydrazone groups is 1. The zero-order valence-electron chi connectivity index (χ0n) is 14.0. The molecule has 0 spiro atoms. The Balaban J connectivity index is 2.05. The average Bonchev–Trinajstić information content (AvgIpc) is 2.61. The summed E-state index contributed by atoms with van der Waals surface area (Å²) in [5, 5.41) is 7.25. The minimum absolute atomic E-state index is 0.300. The Kier molecular flexibility index (Phi) is 7.44. The van der Waals surface area contributed by atoms with Gasteiger partial charge in [0.15, 0.2) is 0 Å². The van der Waals surface area contributed by atoms with Crippen molar-refractivity contribution in [2.45, 2.75) is 13.5 Å². The van der Waals surface area contributed by atoms with E-state index < -0.39 is 11.8 Å². The number of nitrogens with zero attached hydrogens (tertiary/aromatic N) is 1. The number of carbonyl (C=O) groups excluding carboxylic acids is 2. The molecule has 0 aliphatic heterocycles. The topological polar surface area (TPSA) is 79.8 Å². The van der Waals surface area contributed by atoms with E-state index in [0.29, 0.717) is 34.5 Å². The summed E-state index contributed by atoms with van der Waals surface area (Å²) in [5.74, 6) is -1.09. The maximum atomic E-state index is 11.5. The summed E-state index contributed by atoms with van der Waals surface area (Å²) in [7, 11) is 0. The maximum absolute atomic E-state index is 11.5. The fourth-order valence-electron chi connectivity index (χ4n) is 1.99. The van der Waals surface area contributed by atoms with E-state index in [-0.39, 0.29) is 0 Å². The van der Waals surface area contributed by atoms with Gasteiger partial charge in [-0.05, 0) is 42.8 Å². The quantitative estimate of drug-likeness (QED) is 0.449. The van der Waals surface area contributed by atoms with E-state index in [1.165, 1.54) is 6.21 Å². The highest BCUT2D eigenvalue weighted by atomic mass is 35.5. The zero-order valence-corrected chi connectivity index (χ0v) is 15.5. The molecule has 0 atom stereocenters. The largest absolute Gasteiger partial charge is 0.488 e. The van der Waals surface area contributed by atoms with E-state index in [2.05, 4.69) is 15.8 Å². The first kappa shape index (κ1) is 19.8. The molecule has 8 heteroatoms. The summed E-state index contributed by atoms with van der Waals surface area (Å²) in [6.07, 6.45) is 1.36. The van der Waals surface area contributed by atoms with Gasteiger partial charge in [-0.15, -0.1) is 0 Å². The Morgan fingerprint density at radius 1 is 1.12 bits per heavy atom. The second-order valence-electron chi connectivity index (χ2n) is 5.16. The van der Waals surface area contributed by atoms with Crippen LogP contribution in [0.2, 0.25) is 10.0 Å². The molecule has 0 saturated carbocycles. The molecule has 2 aromatic rings. The molecule has 2 N–H and O–H groups in total. The fourth-order valence-corrected chi connectivity index (χ4v) is 2.38. The Hall–Kier alpha value is -2.57. The van der Waals surface area contributed by atoms with Crippen molar-refractivity contribution in [3.8, 4) is 5.75 Å². The summed E-state index contributed by atoms with van der Waals surface area (Å²) < 4.78 is 5.78. The maximum Gasteiger partial charge on any atom is 0.329 e. The summed E-state index contributed by atoms with van der Waals surface area (Å²) in [6.45, 7) is 2.37. The van der Waals surface area contributed by atoms with Crippen LogP contribution in [0, 0.1) is 0 Å². The van der Waals surface area contributed by atoms with Gasteiger partial charge in [-0.25, -0.2) is 5.43 Å². The van der Waals surface area contributed by atoms with Crippen LogP contribution < -0.4 is 15.5 Å². The van der Waals surface area contributed by atoms with Crippen LogP contribution >= 0.6 is 23.2 Å². The van der Waals surface area contributed by atoms with Crippen LogP contribution in [0.1, 0.15) is 18.1 Å². The SMILES string of the molecule is CCNC(=O)C(=O)N/N=C\c1cc(Cl)ccc1OCc1cccc(Cl)c1. The van der Waals surface area contributed by atoms with Gasteiger partial charge in [0.2, 0.25) is 0 Å². The van der Waals surface area contributed by atoms with Gasteiger partial charge in [0, 0.05) is 22.2 Å². The van der Waals surface area contributed by atoms with Gasteiger partial charge in [-0.3, -0.25) is 9.59 Å². The van der Waals surface area contributed by atoms with Crippen LogP contribution in [-0.2, 0) is 16.2 Å². The molecule has 0 saturated heterocycles. The fraction of sp³-hybridized carbons (Fsp3) is 0.167. The molecule has 26 heavy (non-hydrogen) atoms. The standard InChI is InChI=1S/C18H17Cl2N3O3/c1-2-21-17(24)18(25)23-22-10-13-9-15(20)6-7-16(13)26-11-12-4-3-5-14(19)8-12/h3-10H,2,11H2,1H3,(H,21,24)(H,23,25)/b22-10-. The number of likely N-dealkylation sites (N-methyl/N-ethyl adjacent to an activating group) is 1. The monoisotopic (exact) mass is 393 g/mol. The molecular formula is C18H17Cl2N3O3. The van der Waals surface area contributed by atoms with E-state index in [0.717, 1.165) is 5.56 Å². The van der Waals surface area contributed by atoms with Crippen molar-refractivity contribution in [3.63, 3.8) is 0 Å². The predicted molar refractivity (Wildman–Crippen MR) is 102 cm³/mol. The number of halogens is 2. The number of hydrogen-bond acceptors (Lipinski definition) is 4. The van der Waals surface area contributed by atoms with E-state index in [9.17, 15) is 9.59 Å². The second kappa shape index (κ2) is 9.79. The lowest BCUT2D eigenvalue weighted by Crippen LogP contribution is -2.37. The average molecular weight is 394 g/mol. The number of nitrogens with one attached hydrogen (secondary N) is 2. The van der Waals surface area contributed by atoms with Crippen molar-refractivity contribution in [2.75, 3.05) is 6.54 Å². The Bertz CT molecular complexity index is 825. The minimum atomic E-state index is -0.855. The Morgan fingerprint density at radius 3 is 2.62 bits per heavy atom. The van der Waals surface area contributed by atoms with Crippen LogP contribution in [0.15, 0.2) is 47.6 Å². The Labute approximate surface area is 161 Å². The lowest BCUT2D eigenvalue weighted by atomic mass is 10.2.